The molecule has 0 aliphatic carbocycles. The summed E-state index contributed by atoms with van der Waals surface area (Å²) in [6.07, 6.45) is 1.09. The summed E-state index contributed by atoms with van der Waals surface area (Å²) >= 11 is 0. The molecule has 0 radical (unpaired) electrons. The van der Waals surface area contributed by atoms with Crippen LogP contribution in [0.2, 0.25) is 0 Å². The molecule has 2 aromatic rings. The molecule has 1 unspecified atom stereocenters. The first kappa shape index (κ1) is 14.7. The van der Waals surface area contributed by atoms with E-state index in [0.717, 1.165) is 6.07 Å². The van der Waals surface area contributed by atoms with E-state index in [1.807, 2.05) is 13.8 Å². The third-order valence-corrected chi connectivity index (χ3v) is 3.48. The smallest absolute Gasteiger partial charge is 0.129 e. The van der Waals surface area contributed by atoms with Crippen molar-refractivity contribution in [2.24, 2.45) is 5.73 Å². The number of halogens is 2. The Hall–Kier alpha value is -1.74. The van der Waals surface area contributed by atoms with Crippen LogP contribution in [-0.4, -0.2) is 6.04 Å². The van der Waals surface area contributed by atoms with Crippen molar-refractivity contribution >= 4 is 0 Å². The molecule has 2 aromatic carbocycles. The summed E-state index contributed by atoms with van der Waals surface area (Å²) < 4.78 is 26.5. The van der Waals surface area contributed by atoms with Gasteiger partial charge in [-0.25, -0.2) is 8.78 Å². The molecule has 1 nitrogen and oxygen atoms in total. The molecule has 0 saturated heterocycles. The molecule has 0 aliphatic heterocycles. The van der Waals surface area contributed by atoms with E-state index in [1.165, 1.54) is 28.8 Å². The van der Waals surface area contributed by atoms with E-state index in [4.69, 9.17) is 5.73 Å². The van der Waals surface area contributed by atoms with Crippen molar-refractivity contribution in [2.75, 3.05) is 0 Å². The topological polar surface area (TPSA) is 26.0 Å². The predicted octanol–water partition coefficient (Wildman–Crippen LogP) is 3.69. The molecule has 0 heterocycles. The van der Waals surface area contributed by atoms with Crippen molar-refractivity contribution in [3.8, 4) is 0 Å². The van der Waals surface area contributed by atoms with Crippen LogP contribution >= 0.6 is 0 Å². The highest BCUT2D eigenvalue weighted by molar-refractivity contribution is 5.31. The van der Waals surface area contributed by atoms with Crippen molar-refractivity contribution in [2.45, 2.75) is 32.7 Å². The molecule has 20 heavy (non-hydrogen) atoms. The van der Waals surface area contributed by atoms with Gasteiger partial charge in [-0.2, -0.15) is 0 Å². The molecule has 2 N–H and O–H groups in total. The lowest BCUT2D eigenvalue weighted by atomic mass is 9.95. The maximum atomic E-state index is 13.6. The predicted molar refractivity (Wildman–Crippen MR) is 77.7 cm³/mol. The first-order chi connectivity index (χ1) is 9.45. The van der Waals surface area contributed by atoms with Crippen molar-refractivity contribution in [3.05, 3.63) is 70.3 Å². The number of hydrogen-bond acceptors (Lipinski definition) is 1. The van der Waals surface area contributed by atoms with Gasteiger partial charge in [0.25, 0.3) is 0 Å². The Morgan fingerprint density at radius 3 is 2.35 bits per heavy atom. The summed E-state index contributed by atoms with van der Waals surface area (Å²) in [5.74, 6) is -1.09. The van der Waals surface area contributed by atoms with Gasteiger partial charge in [-0.15, -0.1) is 0 Å². The highest BCUT2D eigenvalue weighted by Crippen LogP contribution is 2.16. The van der Waals surface area contributed by atoms with Crippen LogP contribution < -0.4 is 5.73 Å². The van der Waals surface area contributed by atoms with Gasteiger partial charge in [0.1, 0.15) is 11.6 Å². The number of hydrogen-bond donors (Lipinski definition) is 1. The van der Waals surface area contributed by atoms with Gasteiger partial charge < -0.3 is 5.73 Å². The van der Waals surface area contributed by atoms with Crippen LogP contribution in [0.25, 0.3) is 0 Å². The van der Waals surface area contributed by atoms with Gasteiger partial charge in [0.15, 0.2) is 0 Å². The Morgan fingerprint density at radius 2 is 1.65 bits per heavy atom. The first-order valence-corrected chi connectivity index (χ1v) is 6.71. The third-order valence-electron chi connectivity index (χ3n) is 3.48. The molecule has 0 fully saturated rings. The van der Waals surface area contributed by atoms with E-state index in [9.17, 15) is 8.78 Å². The van der Waals surface area contributed by atoms with Crippen LogP contribution in [0.5, 0.6) is 0 Å². The molecule has 2 rings (SSSR count). The molecular formula is C17H19F2N. The van der Waals surface area contributed by atoms with E-state index < -0.39 is 11.6 Å². The molecule has 1 atom stereocenters. The van der Waals surface area contributed by atoms with Crippen molar-refractivity contribution in [3.63, 3.8) is 0 Å². The van der Waals surface area contributed by atoms with E-state index in [2.05, 4.69) is 18.2 Å². The van der Waals surface area contributed by atoms with Gasteiger partial charge in [-0.3, -0.25) is 0 Å². The van der Waals surface area contributed by atoms with Gasteiger partial charge >= 0.3 is 0 Å². The minimum absolute atomic E-state index is 0.185. The second-order valence-corrected chi connectivity index (χ2v) is 5.33. The highest BCUT2D eigenvalue weighted by atomic mass is 19.1. The van der Waals surface area contributed by atoms with Crippen molar-refractivity contribution < 1.29 is 8.78 Å². The fourth-order valence-corrected chi connectivity index (χ4v) is 2.34. The van der Waals surface area contributed by atoms with E-state index in [0.29, 0.717) is 18.4 Å². The molecule has 0 aliphatic rings. The summed E-state index contributed by atoms with van der Waals surface area (Å²) in [4.78, 5) is 0. The Kier molecular flexibility index (Phi) is 4.50. The first-order valence-electron chi connectivity index (χ1n) is 6.71. The zero-order chi connectivity index (χ0) is 14.7. The van der Waals surface area contributed by atoms with Crippen molar-refractivity contribution in [1.82, 2.24) is 0 Å². The third kappa shape index (κ3) is 3.64. The highest BCUT2D eigenvalue weighted by Gasteiger charge is 2.11. The standard InChI is InChI=1S/C17H19F2N/c1-11-3-4-12(2)14(7-11)9-16(20)8-13-5-6-15(18)10-17(13)19/h3-7,10,16H,8-9,20H2,1-2H3. The van der Waals surface area contributed by atoms with Crippen LogP contribution in [-0.2, 0) is 12.8 Å². The average Bonchev–Trinajstić information content (AvgIpc) is 2.37. The van der Waals surface area contributed by atoms with Gasteiger partial charge in [0.05, 0.1) is 0 Å². The van der Waals surface area contributed by atoms with Crippen LogP contribution in [0.15, 0.2) is 36.4 Å². The second-order valence-electron chi connectivity index (χ2n) is 5.33. The van der Waals surface area contributed by atoms with Gasteiger partial charge in [0, 0.05) is 12.1 Å². The molecular weight excluding hydrogens is 256 g/mol. The fraction of sp³-hybridized carbons (Fsp3) is 0.294. The van der Waals surface area contributed by atoms with Crippen LogP contribution in [0, 0.1) is 25.5 Å². The number of benzene rings is 2. The zero-order valence-electron chi connectivity index (χ0n) is 11.8. The normalized spacial score (nSPS) is 12.4. The zero-order valence-corrected chi connectivity index (χ0v) is 11.8. The Bertz CT molecular complexity index is 608. The SMILES string of the molecule is Cc1ccc(C)c(CC(N)Cc2ccc(F)cc2F)c1. The Labute approximate surface area is 118 Å². The lowest BCUT2D eigenvalue weighted by Crippen LogP contribution is -2.26. The molecule has 0 bridgehead atoms. The lowest BCUT2D eigenvalue weighted by molar-refractivity contribution is 0.558. The maximum Gasteiger partial charge on any atom is 0.129 e. The molecule has 106 valence electrons. The summed E-state index contributed by atoms with van der Waals surface area (Å²) in [6, 6.07) is 9.68. The minimum atomic E-state index is -0.561. The Morgan fingerprint density at radius 1 is 0.950 bits per heavy atom. The largest absolute Gasteiger partial charge is 0.327 e. The summed E-state index contributed by atoms with van der Waals surface area (Å²) in [7, 11) is 0. The van der Waals surface area contributed by atoms with Crippen LogP contribution in [0.3, 0.4) is 0 Å². The van der Waals surface area contributed by atoms with Crippen LogP contribution in [0.1, 0.15) is 22.3 Å². The summed E-state index contributed by atoms with van der Waals surface area (Å²) in [6.45, 7) is 4.08. The molecule has 0 amide bonds. The summed E-state index contributed by atoms with van der Waals surface area (Å²) in [5.41, 5.74) is 10.1. The van der Waals surface area contributed by atoms with E-state index in [1.54, 1.807) is 0 Å². The molecule has 0 saturated carbocycles. The maximum absolute atomic E-state index is 13.6. The van der Waals surface area contributed by atoms with E-state index in [-0.39, 0.29) is 6.04 Å². The number of rotatable bonds is 4. The van der Waals surface area contributed by atoms with E-state index >= 15 is 0 Å². The quantitative estimate of drug-likeness (QED) is 0.904. The van der Waals surface area contributed by atoms with Gasteiger partial charge in [-0.1, -0.05) is 29.8 Å². The fourth-order valence-electron chi connectivity index (χ4n) is 2.34. The second kappa shape index (κ2) is 6.14. The summed E-state index contributed by atoms with van der Waals surface area (Å²) in [5, 5.41) is 0. The number of aryl methyl sites for hydroxylation is 2. The lowest BCUT2D eigenvalue weighted by Gasteiger charge is -2.14. The van der Waals surface area contributed by atoms with Gasteiger partial charge in [-0.05, 0) is 49.4 Å². The monoisotopic (exact) mass is 275 g/mol. The minimum Gasteiger partial charge on any atom is -0.327 e. The Balaban J connectivity index is 2.08. The molecule has 3 heteroatoms. The molecule has 0 spiro atoms. The van der Waals surface area contributed by atoms with Crippen LogP contribution in [0.4, 0.5) is 8.78 Å². The van der Waals surface area contributed by atoms with Crippen molar-refractivity contribution in [1.29, 1.82) is 0 Å². The van der Waals surface area contributed by atoms with Gasteiger partial charge in [0.2, 0.25) is 0 Å². The number of nitrogens with two attached hydrogens (primary N) is 1. The molecule has 0 aromatic heterocycles. The average molecular weight is 275 g/mol.